The summed E-state index contributed by atoms with van der Waals surface area (Å²) in [5.74, 6) is 1.25. The minimum Gasteiger partial charge on any atom is -0.493 e. The molecule has 1 aliphatic rings. The number of anilines is 1. The van der Waals surface area contributed by atoms with Gasteiger partial charge in [-0.25, -0.2) is 13.1 Å². The third-order valence-corrected chi connectivity index (χ3v) is 6.24. The molecule has 1 amide bonds. The number of carbonyl (C=O) groups is 1. The number of nitrogens with one attached hydrogen (secondary N) is 1. The molecule has 8 heteroatoms. The number of hydrogen-bond donors (Lipinski definition) is 1. The molecule has 29 heavy (non-hydrogen) atoms. The zero-order valence-corrected chi connectivity index (χ0v) is 17.7. The highest BCUT2D eigenvalue weighted by molar-refractivity contribution is 7.89. The molecule has 0 atom stereocenters. The van der Waals surface area contributed by atoms with Gasteiger partial charge in [0.15, 0.2) is 11.5 Å². The van der Waals surface area contributed by atoms with E-state index in [9.17, 15) is 13.2 Å². The van der Waals surface area contributed by atoms with Crippen molar-refractivity contribution in [3.05, 3.63) is 47.5 Å². The molecule has 3 rings (SSSR count). The van der Waals surface area contributed by atoms with Crippen LogP contribution in [-0.4, -0.2) is 34.6 Å². The molecule has 0 radical (unpaired) electrons. The molecule has 1 aliphatic heterocycles. The van der Waals surface area contributed by atoms with Crippen LogP contribution in [0.2, 0.25) is 0 Å². The van der Waals surface area contributed by atoms with Gasteiger partial charge in [-0.05, 0) is 61.7 Å². The Morgan fingerprint density at radius 1 is 1.14 bits per heavy atom. The van der Waals surface area contributed by atoms with Gasteiger partial charge in [-0.2, -0.15) is 0 Å². The number of sulfonamides is 1. The van der Waals surface area contributed by atoms with Gasteiger partial charge in [0, 0.05) is 25.2 Å². The molecule has 0 saturated carbocycles. The van der Waals surface area contributed by atoms with Crippen molar-refractivity contribution in [2.45, 2.75) is 38.1 Å². The number of aryl methyl sites for hydroxylation is 1. The van der Waals surface area contributed by atoms with E-state index in [2.05, 4.69) is 4.72 Å². The summed E-state index contributed by atoms with van der Waals surface area (Å²) in [6.07, 6.45) is 1.36. The smallest absolute Gasteiger partial charge is 0.240 e. The molecule has 2 aromatic carbocycles. The fourth-order valence-corrected chi connectivity index (χ4v) is 4.46. The molecule has 156 valence electrons. The Balaban J connectivity index is 1.75. The zero-order chi connectivity index (χ0) is 21.0. The van der Waals surface area contributed by atoms with Crippen molar-refractivity contribution >= 4 is 21.6 Å². The number of methoxy groups -OCH3 is 1. The maximum absolute atomic E-state index is 12.7. The summed E-state index contributed by atoms with van der Waals surface area (Å²) < 4.78 is 38.9. The predicted octanol–water partition coefficient (Wildman–Crippen LogP) is 3.01. The molecule has 0 unspecified atom stereocenters. The van der Waals surface area contributed by atoms with E-state index in [1.807, 2.05) is 13.8 Å². The minimum absolute atomic E-state index is 0.0754. The SMILES string of the molecule is CCOc1cc(CNS(=O)(=O)c2ccc(N3CCCC3=O)c(C)c2)ccc1OC. The van der Waals surface area contributed by atoms with Crippen LogP contribution in [0.25, 0.3) is 0 Å². The zero-order valence-electron chi connectivity index (χ0n) is 16.9. The van der Waals surface area contributed by atoms with Gasteiger partial charge in [0.25, 0.3) is 0 Å². The molecule has 1 heterocycles. The second-order valence-corrected chi connectivity index (χ2v) is 8.61. The Morgan fingerprint density at radius 3 is 2.55 bits per heavy atom. The van der Waals surface area contributed by atoms with Crippen molar-refractivity contribution in [1.29, 1.82) is 0 Å². The normalized spacial score (nSPS) is 14.3. The lowest BCUT2D eigenvalue weighted by molar-refractivity contribution is -0.117. The van der Waals surface area contributed by atoms with Crippen LogP contribution in [0, 0.1) is 6.92 Å². The fraction of sp³-hybridized carbons (Fsp3) is 0.381. The highest BCUT2D eigenvalue weighted by Crippen LogP contribution is 2.29. The van der Waals surface area contributed by atoms with Crippen molar-refractivity contribution < 1.29 is 22.7 Å². The first kappa shape index (κ1) is 21.1. The summed E-state index contributed by atoms with van der Waals surface area (Å²) in [4.78, 5) is 13.8. The molecular formula is C21H26N2O5S. The number of benzene rings is 2. The molecule has 1 fully saturated rings. The average molecular weight is 419 g/mol. The number of carbonyl (C=O) groups excluding carboxylic acids is 1. The first-order chi connectivity index (χ1) is 13.9. The van der Waals surface area contributed by atoms with Gasteiger partial charge in [-0.15, -0.1) is 0 Å². The van der Waals surface area contributed by atoms with Crippen molar-refractivity contribution in [3.8, 4) is 11.5 Å². The molecule has 0 bridgehead atoms. The molecular weight excluding hydrogens is 392 g/mol. The number of nitrogens with zero attached hydrogens (tertiary/aromatic N) is 1. The molecule has 1 saturated heterocycles. The number of hydrogen-bond acceptors (Lipinski definition) is 5. The standard InChI is InChI=1S/C21H26N2O5S/c1-4-28-20-13-16(7-10-19(20)27-3)14-22-29(25,26)17-8-9-18(15(2)12-17)23-11-5-6-21(23)24/h7-10,12-13,22H,4-6,11,14H2,1-3H3. The van der Waals surface area contributed by atoms with Crippen molar-refractivity contribution in [3.63, 3.8) is 0 Å². The minimum atomic E-state index is -3.70. The van der Waals surface area contributed by atoms with Crippen LogP contribution in [0.4, 0.5) is 5.69 Å². The molecule has 0 aliphatic carbocycles. The van der Waals surface area contributed by atoms with Gasteiger partial charge in [-0.3, -0.25) is 4.79 Å². The maximum atomic E-state index is 12.7. The van der Waals surface area contributed by atoms with E-state index in [-0.39, 0.29) is 17.3 Å². The van der Waals surface area contributed by atoms with Crippen LogP contribution in [0.3, 0.4) is 0 Å². The fourth-order valence-electron chi connectivity index (χ4n) is 3.36. The van der Waals surface area contributed by atoms with E-state index in [0.717, 1.165) is 23.2 Å². The van der Waals surface area contributed by atoms with Crippen molar-refractivity contribution in [2.24, 2.45) is 0 Å². The highest BCUT2D eigenvalue weighted by atomic mass is 32.2. The first-order valence-electron chi connectivity index (χ1n) is 9.56. The van der Waals surface area contributed by atoms with Crippen LogP contribution in [0.5, 0.6) is 11.5 Å². The number of amides is 1. The Bertz CT molecular complexity index is 1000. The third-order valence-electron chi connectivity index (χ3n) is 4.84. The molecule has 0 aromatic heterocycles. The lowest BCUT2D eigenvalue weighted by Crippen LogP contribution is -2.26. The second kappa shape index (κ2) is 8.84. The lowest BCUT2D eigenvalue weighted by Gasteiger charge is -2.19. The van der Waals surface area contributed by atoms with Gasteiger partial charge in [0.2, 0.25) is 15.9 Å². The van der Waals surface area contributed by atoms with E-state index >= 15 is 0 Å². The van der Waals surface area contributed by atoms with E-state index in [1.54, 1.807) is 42.3 Å². The summed E-state index contributed by atoms with van der Waals surface area (Å²) in [7, 11) is -2.14. The van der Waals surface area contributed by atoms with E-state index in [0.29, 0.717) is 31.1 Å². The van der Waals surface area contributed by atoms with Crippen molar-refractivity contribution in [1.82, 2.24) is 4.72 Å². The van der Waals surface area contributed by atoms with Gasteiger partial charge >= 0.3 is 0 Å². The van der Waals surface area contributed by atoms with Gasteiger partial charge < -0.3 is 14.4 Å². The predicted molar refractivity (Wildman–Crippen MR) is 111 cm³/mol. The Morgan fingerprint density at radius 2 is 1.93 bits per heavy atom. The molecule has 0 spiro atoms. The maximum Gasteiger partial charge on any atom is 0.240 e. The quantitative estimate of drug-likeness (QED) is 0.712. The molecule has 7 nitrogen and oxygen atoms in total. The van der Waals surface area contributed by atoms with E-state index in [4.69, 9.17) is 9.47 Å². The topological polar surface area (TPSA) is 84.9 Å². The monoisotopic (exact) mass is 418 g/mol. The highest BCUT2D eigenvalue weighted by Gasteiger charge is 2.24. The van der Waals surface area contributed by atoms with Crippen LogP contribution >= 0.6 is 0 Å². The second-order valence-electron chi connectivity index (χ2n) is 6.84. The largest absolute Gasteiger partial charge is 0.493 e. The summed E-state index contributed by atoms with van der Waals surface area (Å²) in [6.45, 7) is 4.96. The summed E-state index contributed by atoms with van der Waals surface area (Å²) >= 11 is 0. The summed E-state index contributed by atoms with van der Waals surface area (Å²) in [5, 5.41) is 0. The van der Waals surface area contributed by atoms with Crippen LogP contribution in [0.15, 0.2) is 41.3 Å². The molecule has 2 aromatic rings. The third kappa shape index (κ3) is 4.71. The summed E-state index contributed by atoms with van der Waals surface area (Å²) in [5.41, 5.74) is 2.28. The summed E-state index contributed by atoms with van der Waals surface area (Å²) in [6, 6.07) is 10.1. The lowest BCUT2D eigenvalue weighted by atomic mass is 10.2. The van der Waals surface area contributed by atoms with E-state index in [1.165, 1.54) is 6.07 Å². The average Bonchev–Trinajstić information content (AvgIpc) is 3.12. The Hall–Kier alpha value is -2.58. The molecule has 1 N–H and O–H groups in total. The van der Waals surface area contributed by atoms with E-state index < -0.39 is 10.0 Å². The van der Waals surface area contributed by atoms with Gasteiger partial charge in [-0.1, -0.05) is 6.07 Å². The van der Waals surface area contributed by atoms with Crippen LogP contribution in [0.1, 0.15) is 30.9 Å². The van der Waals surface area contributed by atoms with Crippen molar-refractivity contribution in [2.75, 3.05) is 25.2 Å². The Labute approximate surface area is 171 Å². The number of ether oxygens (including phenoxy) is 2. The Kier molecular flexibility index (Phi) is 6.44. The van der Waals surface area contributed by atoms with Gasteiger partial charge in [0.1, 0.15) is 0 Å². The van der Waals surface area contributed by atoms with Gasteiger partial charge in [0.05, 0.1) is 18.6 Å². The number of rotatable bonds is 8. The van der Waals surface area contributed by atoms with Crippen LogP contribution < -0.4 is 19.1 Å². The first-order valence-corrected chi connectivity index (χ1v) is 11.0. The van der Waals surface area contributed by atoms with Crippen LogP contribution in [-0.2, 0) is 21.4 Å².